The normalized spacial score (nSPS) is 11.9. The Labute approximate surface area is 84.8 Å². The van der Waals surface area contributed by atoms with Crippen molar-refractivity contribution in [2.45, 2.75) is 4.90 Å². The SMILES string of the molecule is CNc1ccc(S(=O)(=O)O)c2nonc12. The highest BCUT2D eigenvalue weighted by molar-refractivity contribution is 7.86. The predicted molar refractivity (Wildman–Crippen MR) is 51.2 cm³/mol. The Balaban J connectivity index is 2.86. The maximum absolute atomic E-state index is 11.0. The topological polar surface area (TPSA) is 105 Å². The Morgan fingerprint density at radius 1 is 1.33 bits per heavy atom. The van der Waals surface area contributed by atoms with Crippen LogP contribution >= 0.6 is 0 Å². The number of fused-ring (bicyclic) bond motifs is 1. The van der Waals surface area contributed by atoms with Crippen LogP contribution in [0.2, 0.25) is 0 Å². The third kappa shape index (κ3) is 1.53. The number of rotatable bonds is 2. The van der Waals surface area contributed by atoms with Crippen molar-refractivity contribution < 1.29 is 17.6 Å². The molecule has 0 unspecified atom stereocenters. The maximum atomic E-state index is 11.0. The van der Waals surface area contributed by atoms with E-state index in [9.17, 15) is 8.42 Å². The Morgan fingerprint density at radius 3 is 2.60 bits per heavy atom. The summed E-state index contributed by atoms with van der Waals surface area (Å²) in [4.78, 5) is -0.322. The van der Waals surface area contributed by atoms with Crippen molar-refractivity contribution in [2.75, 3.05) is 12.4 Å². The van der Waals surface area contributed by atoms with Crippen LogP contribution in [0.15, 0.2) is 21.7 Å². The van der Waals surface area contributed by atoms with E-state index in [1.165, 1.54) is 12.1 Å². The number of nitrogens with one attached hydrogen (secondary N) is 1. The van der Waals surface area contributed by atoms with E-state index >= 15 is 0 Å². The molecule has 0 saturated carbocycles. The van der Waals surface area contributed by atoms with E-state index in [1.807, 2.05) is 0 Å². The second kappa shape index (κ2) is 3.17. The summed E-state index contributed by atoms with van der Waals surface area (Å²) in [6.45, 7) is 0. The van der Waals surface area contributed by atoms with Gasteiger partial charge in [-0.3, -0.25) is 4.55 Å². The second-order valence-corrected chi connectivity index (χ2v) is 4.19. The van der Waals surface area contributed by atoms with Gasteiger partial charge in [0.1, 0.15) is 4.90 Å². The molecule has 0 saturated heterocycles. The van der Waals surface area contributed by atoms with Crippen LogP contribution in [-0.4, -0.2) is 30.3 Å². The quantitative estimate of drug-likeness (QED) is 0.722. The highest BCUT2D eigenvalue weighted by Crippen LogP contribution is 2.25. The van der Waals surface area contributed by atoms with Crippen molar-refractivity contribution in [1.82, 2.24) is 10.3 Å². The monoisotopic (exact) mass is 229 g/mol. The van der Waals surface area contributed by atoms with Crippen molar-refractivity contribution in [3.8, 4) is 0 Å². The van der Waals surface area contributed by atoms with Crippen LogP contribution in [0, 0.1) is 0 Å². The number of aromatic nitrogens is 2. The minimum absolute atomic E-state index is 0.00403. The van der Waals surface area contributed by atoms with Gasteiger partial charge in [0.05, 0.1) is 5.69 Å². The lowest BCUT2D eigenvalue weighted by Crippen LogP contribution is -2.00. The van der Waals surface area contributed by atoms with Crippen LogP contribution in [-0.2, 0) is 10.1 Å². The molecular formula is C7H7N3O4S. The highest BCUT2D eigenvalue weighted by atomic mass is 32.2. The molecule has 2 rings (SSSR count). The average Bonchev–Trinajstić information content (AvgIpc) is 2.62. The van der Waals surface area contributed by atoms with E-state index < -0.39 is 10.1 Å². The van der Waals surface area contributed by atoms with Crippen molar-refractivity contribution in [1.29, 1.82) is 0 Å². The van der Waals surface area contributed by atoms with Gasteiger partial charge in [-0.2, -0.15) is 8.42 Å². The lowest BCUT2D eigenvalue weighted by molar-refractivity contribution is 0.315. The molecule has 0 aliphatic carbocycles. The molecule has 80 valence electrons. The Morgan fingerprint density at radius 2 is 2.00 bits per heavy atom. The predicted octanol–water partition coefficient (Wildman–Crippen LogP) is 0.511. The van der Waals surface area contributed by atoms with E-state index in [2.05, 4.69) is 20.3 Å². The molecule has 0 aliphatic rings. The van der Waals surface area contributed by atoms with Gasteiger partial charge in [-0.1, -0.05) is 0 Å². The molecule has 0 bridgehead atoms. The zero-order valence-electron chi connectivity index (χ0n) is 7.63. The Hall–Kier alpha value is -1.67. The summed E-state index contributed by atoms with van der Waals surface area (Å²) in [5.74, 6) is 0. The van der Waals surface area contributed by atoms with Gasteiger partial charge in [-0.25, -0.2) is 4.63 Å². The lowest BCUT2D eigenvalue weighted by atomic mass is 10.2. The summed E-state index contributed by atoms with van der Waals surface area (Å²) < 4.78 is 35.3. The largest absolute Gasteiger partial charge is 0.386 e. The smallest absolute Gasteiger partial charge is 0.296 e. The van der Waals surface area contributed by atoms with E-state index in [0.29, 0.717) is 5.69 Å². The van der Waals surface area contributed by atoms with Crippen LogP contribution < -0.4 is 5.32 Å². The molecule has 0 atom stereocenters. The molecule has 15 heavy (non-hydrogen) atoms. The molecular weight excluding hydrogens is 222 g/mol. The van der Waals surface area contributed by atoms with Gasteiger partial charge in [0.25, 0.3) is 10.1 Å². The minimum Gasteiger partial charge on any atom is -0.386 e. The number of anilines is 1. The fourth-order valence-corrected chi connectivity index (χ4v) is 1.87. The van der Waals surface area contributed by atoms with Crippen molar-refractivity contribution in [3.05, 3.63) is 12.1 Å². The van der Waals surface area contributed by atoms with Crippen molar-refractivity contribution in [3.63, 3.8) is 0 Å². The molecule has 0 aliphatic heterocycles. The summed E-state index contributed by atoms with van der Waals surface area (Å²) in [6.07, 6.45) is 0. The molecule has 7 nitrogen and oxygen atoms in total. The number of benzene rings is 1. The van der Waals surface area contributed by atoms with E-state index in [-0.39, 0.29) is 15.9 Å². The molecule has 0 amide bonds. The Bertz CT molecular complexity index is 604. The van der Waals surface area contributed by atoms with Gasteiger partial charge in [0.2, 0.25) is 0 Å². The summed E-state index contributed by atoms with van der Waals surface area (Å²) in [6, 6.07) is 2.70. The summed E-state index contributed by atoms with van der Waals surface area (Å²) in [5, 5.41) is 9.76. The first-order chi connectivity index (χ1) is 7.04. The highest BCUT2D eigenvalue weighted by Gasteiger charge is 2.19. The number of hydrogen-bond acceptors (Lipinski definition) is 6. The molecule has 1 aromatic heterocycles. The maximum Gasteiger partial charge on any atom is 0.296 e. The third-order valence-electron chi connectivity index (χ3n) is 1.93. The van der Waals surface area contributed by atoms with Crippen molar-refractivity contribution >= 4 is 26.8 Å². The average molecular weight is 229 g/mol. The van der Waals surface area contributed by atoms with Gasteiger partial charge in [-0.15, -0.1) is 0 Å². The molecule has 0 fully saturated rings. The molecule has 8 heteroatoms. The molecule has 2 N–H and O–H groups in total. The second-order valence-electron chi connectivity index (χ2n) is 2.80. The van der Waals surface area contributed by atoms with E-state index in [1.54, 1.807) is 7.05 Å². The van der Waals surface area contributed by atoms with Crippen LogP contribution in [0.4, 0.5) is 5.69 Å². The molecule has 2 aromatic rings. The van der Waals surface area contributed by atoms with Gasteiger partial charge in [0, 0.05) is 7.05 Å². The third-order valence-corrected chi connectivity index (χ3v) is 2.81. The van der Waals surface area contributed by atoms with Gasteiger partial charge in [0.15, 0.2) is 11.0 Å². The van der Waals surface area contributed by atoms with Crippen LogP contribution in [0.1, 0.15) is 0 Å². The number of hydrogen-bond donors (Lipinski definition) is 2. The first-order valence-corrected chi connectivity index (χ1v) is 5.38. The summed E-state index contributed by atoms with van der Waals surface area (Å²) in [7, 11) is -2.67. The zero-order valence-corrected chi connectivity index (χ0v) is 8.45. The van der Waals surface area contributed by atoms with E-state index in [4.69, 9.17) is 4.55 Å². The van der Waals surface area contributed by atoms with E-state index in [0.717, 1.165) is 0 Å². The summed E-state index contributed by atoms with van der Waals surface area (Å²) in [5.41, 5.74) is 0.829. The van der Waals surface area contributed by atoms with Crippen molar-refractivity contribution in [2.24, 2.45) is 0 Å². The zero-order chi connectivity index (χ0) is 11.1. The molecule has 1 aromatic carbocycles. The van der Waals surface area contributed by atoms with Gasteiger partial charge < -0.3 is 5.32 Å². The number of nitrogens with zero attached hydrogens (tertiary/aromatic N) is 2. The molecule has 0 radical (unpaired) electrons. The first-order valence-electron chi connectivity index (χ1n) is 3.94. The van der Waals surface area contributed by atoms with Crippen LogP contribution in [0.25, 0.3) is 11.0 Å². The fraction of sp³-hybridized carbons (Fsp3) is 0.143. The Kier molecular flexibility index (Phi) is 2.09. The minimum atomic E-state index is -4.31. The summed E-state index contributed by atoms with van der Waals surface area (Å²) >= 11 is 0. The lowest BCUT2D eigenvalue weighted by Gasteiger charge is -2.01. The molecule has 0 spiro atoms. The standard InChI is InChI=1S/C7H7N3O4S/c1-8-4-2-3-5(15(11,12)13)7-6(4)9-14-10-7/h2-3,8H,1H3,(H,11,12,13). The fourth-order valence-electron chi connectivity index (χ4n) is 1.25. The van der Waals surface area contributed by atoms with Gasteiger partial charge in [-0.05, 0) is 22.4 Å². The first kappa shape index (κ1) is 9.87. The van der Waals surface area contributed by atoms with Crippen LogP contribution in [0.5, 0.6) is 0 Å². The van der Waals surface area contributed by atoms with Crippen LogP contribution in [0.3, 0.4) is 0 Å². The molecule has 1 heterocycles. The van der Waals surface area contributed by atoms with Gasteiger partial charge >= 0.3 is 0 Å².